The molecule has 0 bridgehead atoms. The van der Waals surface area contributed by atoms with Crippen LogP contribution in [0.5, 0.6) is 0 Å². The van der Waals surface area contributed by atoms with Crippen molar-refractivity contribution in [3.05, 3.63) is 54.3 Å². The third kappa shape index (κ3) is 1.50. The number of hydrogen-bond acceptors (Lipinski definition) is 3. The summed E-state index contributed by atoms with van der Waals surface area (Å²) < 4.78 is 4.59. The first-order chi connectivity index (χ1) is 5.95. The second-order valence-corrected chi connectivity index (χ2v) is 2.38. The fraction of sp³-hybridized carbons (Fsp3) is 0. The molecular weight excluding hydrogens is 152 g/mol. The summed E-state index contributed by atoms with van der Waals surface area (Å²) in [4.78, 5) is 0. The van der Waals surface area contributed by atoms with Crippen LogP contribution in [0.1, 0.15) is 11.3 Å². The van der Waals surface area contributed by atoms with Crippen LogP contribution >= 0.6 is 0 Å². The van der Waals surface area contributed by atoms with E-state index >= 15 is 0 Å². The van der Waals surface area contributed by atoms with E-state index in [2.05, 4.69) is 14.9 Å². The number of nitrogens with zero attached hydrogens (tertiary/aromatic N) is 2. The van der Waals surface area contributed by atoms with Crippen LogP contribution in [0.25, 0.3) is 0 Å². The maximum atomic E-state index is 4.59. The summed E-state index contributed by atoms with van der Waals surface area (Å²) in [5, 5.41) is 7.10. The fourth-order valence-corrected chi connectivity index (χ4v) is 0.955. The topological polar surface area (TPSA) is 38.9 Å². The molecule has 1 radical (unpaired) electrons. The zero-order chi connectivity index (χ0) is 8.23. The van der Waals surface area contributed by atoms with Crippen LogP contribution in [-0.4, -0.2) is 10.4 Å². The van der Waals surface area contributed by atoms with E-state index in [1.807, 2.05) is 36.8 Å². The van der Waals surface area contributed by atoms with Crippen molar-refractivity contribution in [1.29, 1.82) is 0 Å². The molecule has 0 spiro atoms. The van der Waals surface area contributed by atoms with E-state index in [1.54, 1.807) is 0 Å². The smallest absolute Gasteiger partial charge is 0.148 e. The Morgan fingerprint density at radius 2 is 2.00 bits per heavy atom. The highest BCUT2D eigenvalue weighted by Crippen LogP contribution is 2.07. The summed E-state index contributed by atoms with van der Waals surface area (Å²) in [6, 6.07) is 9.90. The van der Waals surface area contributed by atoms with Crippen molar-refractivity contribution in [1.82, 2.24) is 10.4 Å². The van der Waals surface area contributed by atoms with Gasteiger partial charge in [-0.1, -0.05) is 30.3 Å². The first kappa shape index (κ1) is 7.03. The predicted octanol–water partition coefficient (Wildman–Crippen LogP) is 1.67. The minimum Gasteiger partial charge on any atom is -0.345 e. The molecule has 0 aliphatic heterocycles. The monoisotopic (exact) mass is 159 g/mol. The van der Waals surface area contributed by atoms with Crippen LogP contribution in [0.3, 0.4) is 0 Å². The maximum absolute atomic E-state index is 4.59. The van der Waals surface area contributed by atoms with Gasteiger partial charge in [0.25, 0.3) is 0 Å². The third-order valence-electron chi connectivity index (χ3n) is 1.49. The standard InChI is InChI=1S/C9H7N2O/c1-2-4-8(5-3-1)6-9-7-12-11-10-9/h1-7H. The molecule has 0 unspecified atom stereocenters. The van der Waals surface area contributed by atoms with E-state index in [4.69, 9.17) is 0 Å². The summed E-state index contributed by atoms with van der Waals surface area (Å²) in [7, 11) is 0. The summed E-state index contributed by atoms with van der Waals surface area (Å²) in [5.74, 6) is 0. The molecule has 3 nitrogen and oxygen atoms in total. The van der Waals surface area contributed by atoms with Crippen molar-refractivity contribution in [3.63, 3.8) is 0 Å². The Morgan fingerprint density at radius 1 is 1.17 bits per heavy atom. The molecule has 0 aliphatic rings. The molecule has 0 saturated carbocycles. The first-order valence-corrected chi connectivity index (χ1v) is 3.62. The average molecular weight is 159 g/mol. The van der Waals surface area contributed by atoms with Crippen LogP contribution in [0, 0.1) is 6.42 Å². The Morgan fingerprint density at radius 3 is 2.67 bits per heavy atom. The van der Waals surface area contributed by atoms with Gasteiger partial charge in [-0.3, -0.25) is 0 Å². The average Bonchev–Trinajstić information content (AvgIpc) is 2.59. The first-order valence-electron chi connectivity index (χ1n) is 3.62. The predicted molar refractivity (Wildman–Crippen MR) is 43.2 cm³/mol. The molecule has 0 saturated heterocycles. The van der Waals surface area contributed by atoms with E-state index in [9.17, 15) is 0 Å². The molecule has 0 N–H and O–H groups in total. The highest BCUT2D eigenvalue weighted by atomic mass is 16.5. The largest absolute Gasteiger partial charge is 0.345 e. The summed E-state index contributed by atoms with van der Waals surface area (Å²) in [6.45, 7) is 0. The van der Waals surface area contributed by atoms with Gasteiger partial charge in [0, 0.05) is 11.7 Å². The third-order valence-corrected chi connectivity index (χ3v) is 1.49. The zero-order valence-electron chi connectivity index (χ0n) is 6.34. The van der Waals surface area contributed by atoms with E-state index in [0.717, 1.165) is 11.3 Å². The molecule has 1 aromatic heterocycles. The fourth-order valence-electron chi connectivity index (χ4n) is 0.955. The van der Waals surface area contributed by atoms with Gasteiger partial charge in [0.15, 0.2) is 0 Å². The molecule has 12 heavy (non-hydrogen) atoms. The van der Waals surface area contributed by atoms with Gasteiger partial charge in [0.05, 0.1) is 0 Å². The highest BCUT2D eigenvalue weighted by Gasteiger charge is 1.98. The summed E-state index contributed by atoms with van der Waals surface area (Å²) in [5.41, 5.74) is 1.83. The van der Waals surface area contributed by atoms with Crippen LogP contribution in [0.2, 0.25) is 0 Å². The molecule has 0 amide bonds. The van der Waals surface area contributed by atoms with Gasteiger partial charge >= 0.3 is 0 Å². The summed E-state index contributed by atoms with van der Waals surface area (Å²) in [6.07, 6.45) is 3.41. The zero-order valence-corrected chi connectivity index (χ0v) is 6.34. The lowest BCUT2D eigenvalue weighted by Gasteiger charge is -1.93. The Hall–Kier alpha value is -1.64. The minimum absolute atomic E-state index is 0.737. The van der Waals surface area contributed by atoms with Crippen molar-refractivity contribution in [2.75, 3.05) is 0 Å². The van der Waals surface area contributed by atoms with E-state index in [0.29, 0.717) is 0 Å². The SMILES string of the molecule is [CH](c1ccccc1)c1conn1. The Kier molecular flexibility index (Phi) is 1.86. The molecule has 3 heteroatoms. The normalized spacial score (nSPS) is 10.0. The Balaban J connectivity index is 2.15. The van der Waals surface area contributed by atoms with Gasteiger partial charge in [0.1, 0.15) is 12.0 Å². The van der Waals surface area contributed by atoms with Gasteiger partial charge in [-0.2, -0.15) is 0 Å². The van der Waals surface area contributed by atoms with Crippen LogP contribution < -0.4 is 0 Å². The molecule has 0 atom stereocenters. The van der Waals surface area contributed by atoms with Crippen LogP contribution in [-0.2, 0) is 0 Å². The quantitative estimate of drug-likeness (QED) is 0.669. The van der Waals surface area contributed by atoms with E-state index in [1.165, 1.54) is 6.26 Å². The van der Waals surface area contributed by atoms with Gasteiger partial charge < -0.3 is 4.52 Å². The molecule has 59 valence electrons. The van der Waals surface area contributed by atoms with Crippen LogP contribution in [0.4, 0.5) is 0 Å². The van der Waals surface area contributed by atoms with Crippen molar-refractivity contribution in [2.24, 2.45) is 0 Å². The van der Waals surface area contributed by atoms with E-state index in [-0.39, 0.29) is 0 Å². The lowest BCUT2D eigenvalue weighted by atomic mass is 10.1. The number of rotatable bonds is 2. The molecule has 2 aromatic rings. The Labute approximate surface area is 70.0 Å². The maximum Gasteiger partial charge on any atom is 0.148 e. The lowest BCUT2D eigenvalue weighted by molar-refractivity contribution is 0.393. The van der Waals surface area contributed by atoms with Gasteiger partial charge in [-0.25, -0.2) is 0 Å². The van der Waals surface area contributed by atoms with Crippen LogP contribution in [0.15, 0.2) is 41.1 Å². The van der Waals surface area contributed by atoms with Crippen molar-refractivity contribution < 1.29 is 4.52 Å². The van der Waals surface area contributed by atoms with Crippen molar-refractivity contribution in [2.45, 2.75) is 0 Å². The van der Waals surface area contributed by atoms with Gasteiger partial charge in [-0.05, 0) is 5.56 Å². The second kappa shape index (κ2) is 3.17. The Bertz CT molecular complexity index is 329. The molecule has 1 heterocycles. The number of hydrogen-bond donors (Lipinski definition) is 0. The highest BCUT2D eigenvalue weighted by molar-refractivity contribution is 5.30. The molecular formula is C9H7N2O. The molecule has 1 aromatic carbocycles. The second-order valence-electron chi connectivity index (χ2n) is 2.38. The number of benzene rings is 1. The summed E-state index contributed by atoms with van der Waals surface area (Å²) >= 11 is 0. The lowest BCUT2D eigenvalue weighted by Crippen LogP contribution is -1.83. The van der Waals surface area contributed by atoms with E-state index < -0.39 is 0 Å². The van der Waals surface area contributed by atoms with Crippen molar-refractivity contribution >= 4 is 0 Å². The minimum atomic E-state index is 0.737. The molecule has 0 aliphatic carbocycles. The number of aromatic nitrogens is 2. The molecule has 0 fully saturated rings. The van der Waals surface area contributed by atoms with Gasteiger partial charge in [0.2, 0.25) is 0 Å². The van der Waals surface area contributed by atoms with Gasteiger partial charge in [-0.15, -0.1) is 5.10 Å². The van der Waals surface area contributed by atoms with Crippen molar-refractivity contribution in [3.8, 4) is 0 Å². The molecule has 2 rings (SSSR count).